The monoisotopic (exact) mass is 418 g/mol. The zero-order chi connectivity index (χ0) is 19.1. The van der Waals surface area contributed by atoms with Crippen LogP contribution in [0.15, 0.2) is 52.2 Å². The zero-order valence-electron chi connectivity index (χ0n) is 14.5. The number of amides is 2. The number of benzene rings is 1. The third-order valence-electron chi connectivity index (χ3n) is 3.55. The second kappa shape index (κ2) is 9.63. The predicted molar refractivity (Wildman–Crippen MR) is 111 cm³/mol. The minimum atomic E-state index is -0.715. The van der Waals surface area contributed by atoms with E-state index in [4.69, 9.17) is 0 Å². The number of hydrogen-bond acceptors (Lipinski definition) is 7. The van der Waals surface area contributed by atoms with E-state index in [2.05, 4.69) is 20.8 Å². The number of nitrogens with one attached hydrogen (secondary N) is 2. The second-order valence-electron chi connectivity index (χ2n) is 5.49. The fourth-order valence-electron chi connectivity index (χ4n) is 2.33. The summed E-state index contributed by atoms with van der Waals surface area (Å²) in [6.45, 7) is 2.03. The number of rotatable bonds is 8. The molecular formula is C18H18N4O2S3. The summed E-state index contributed by atoms with van der Waals surface area (Å²) in [4.78, 5) is 25.8. The Morgan fingerprint density at radius 3 is 2.67 bits per heavy atom. The van der Waals surface area contributed by atoms with Crippen molar-refractivity contribution < 1.29 is 9.59 Å². The number of thiophene rings is 1. The van der Waals surface area contributed by atoms with Crippen molar-refractivity contribution in [1.82, 2.24) is 15.5 Å². The SMILES string of the molecule is CCSc1nnc(NC(=O)[C@H](Cc2ccccc2)NC(=O)c2cccs2)s1. The molecule has 0 saturated heterocycles. The molecule has 2 amide bonds. The average molecular weight is 419 g/mol. The minimum absolute atomic E-state index is 0.263. The fraction of sp³-hybridized carbons (Fsp3) is 0.222. The van der Waals surface area contributed by atoms with E-state index in [-0.39, 0.29) is 11.8 Å². The highest BCUT2D eigenvalue weighted by molar-refractivity contribution is 8.01. The molecule has 2 heterocycles. The summed E-state index contributed by atoms with van der Waals surface area (Å²) in [5, 5.41) is 15.9. The fourth-order valence-corrected chi connectivity index (χ4v) is 4.61. The summed E-state index contributed by atoms with van der Waals surface area (Å²) in [7, 11) is 0. The summed E-state index contributed by atoms with van der Waals surface area (Å²) in [6, 6.07) is 12.4. The predicted octanol–water partition coefficient (Wildman–Crippen LogP) is 3.69. The van der Waals surface area contributed by atoms with Crippen molar-refractivity contribution in [1.29, 1.82) is 0 Å². The number of thioether (sulfide) groups is 1. The standard InChI is InChI=1S/C18H18N4O2S3/c1-2-25-18-22-21-17(27-18)20-15(23)13(11-12-7-4-3-5-8-12)19-16(24)14-9-6-10-26-14/h3-10,13H,2,11H2,1H3,(H,19,24)(H,20,21,23)/t13-/m0/s1. The van der Waals surface area contributed by atoms with Crippen LogP contribution in [0.3, 0.4) is 0 Å². The van der Waals surface area contributed by atoms with Crippen molar-refractivity contribution >= 4 is 51.4 Å². The maximum absolute atomic E-state index is 12.8. The summed E-state index contributed by atoms with van der Waals surface area (Å²) < 4.78 is 0.801. The van der Waals surface area contributed by atoms with Crippen molar-refractivity contribution in [2.24, 2.45) is 0 Å². The number of aromatic nitrogens is 2. The van der Waals surface area contributed by atoms with Gasteiger partial charge in [-0.05, 0) is 22.8 Å². The van der Waals surface area contributed by atoms with Crippen LogP contribution >= 0.6 is 34.4 Å². The summed E-state index contributed by atoms with van der Waals surface area (Å²) in [6.07, 6.45) is 0.388. The Morgan fingerprint density at radius 2 is 1.96 bits per heavy atom. The van der Waals surface area contributed by atoms with E-state index in [0.29, 0.717) is 16.4 Å². The van der Waals surface area contributed by atoms with Crippen molar-refractivity contribution in [2.45, 2.75) is 23.7 Å². The maximum atomic E-state index is 12.8. The molecular weight excluding hydrogens is 400 g/mol. The number of carbonyl (C=O) groups is 2. The van der Waals surface area contributed by atoms with E-state index < -0.39 is 6.04 Å². The molecule has 0 aliphatic heterocycles. The van der Waals surface area contributed by atoms with Gasteiger partial charge in [0.15, 0.2) is 4.34 Å². The van der Waals surface area contributed by atoms with Crippen LogP contribution in [-0.4, -0.2) is 33.8 Å². The van der Waals surface area contributed by atoms with E-state index in [1.54, 1.807) is 23.9 Å². The molecule has 9 heteroatoms. The molecule has 140 valence electrons. The van der Waals surface area contributed by atoms with Gasteiger partial charge in [-0.1, -0.05) is 66.4 Å². The van der Waals surface area contributed by atoms with Gasteiger partial charge >= 0.3 is 0 Å². The zero-order valence-corrected chi connectivity index (χ0v) is 17.0. The van der Waals surface area contributed by atoms with E-state index in [1.165, 1.54) is 22.7 Å². The van der Waals surface area contributed by atoms with Gasteiger partial charge < -0.3 is 5.32 Å². The molecule has 0 radical (unpaired) electrons. The van der Waals surface area contributed by atoms with Gasteiger partial charge in [-0.2, -0.15) is 0 Å². The molecule has 2 N–H and O–H groups in total. The number of anilines is 1. The van der Waals surface area contributed by atoms with Crippen LogP contribution in [0.4, 0.5) is 5.13 Å². The highest BCUT2D eigenvalue weighted by Crippen LogP contribution is 2.25. The van der Waals surface area contributed by atoms with E-state index in [9.17, 15) is 9.59 Å². The Balaban J connectivity index is 1.72. The first-order chi connectivity index (χ1) is 13.2. The third kappa shape index (κ3) is 5.62. The smallest absolute Gasteiger partial charge is 0.262 e. The highest BCUT2D eigenvalue weighted by Gasteiger charge is 2.23. The Labute approximate surface area is 169 Å². The van der Waals surface area contributed by atoms with Gasteiger partial charge in [0.05, 0.1) is 4.88 Å². The van der Waals surface area contributed by atoms with Crippen LogP contribution in [-0.2, 0) is 11.2 Å². The van der Waals surface area contributed by atoms with Gasteiger partial charge in [0.25, 0.3) is 5.91 Å². The first kappa shape index (κ1) is 19.5. The lowest BCUT2D eigenvalue weighted by Gasteiger charge is -2.17. The van der Waals surface area contributed by atoms with Gasteiger partial charge in [0, 0.05) is 6.42 Å². The molecule has 1 aromatic carbocycles. The summed E-state index contributed by atoms with van der Waals surface area (Å²) >= 11 is 4.23. The lowest BCUT2D eigenvalue weighted by atomic mass is 10.1. The first-order valence-electron chi connectivity index (χ1n) is 8.31. The molecule has 6 nitrogen and oxygen atoms in total. The van der Waals surface area contributed by atoms with E-state index in [1.807, 2.05) is 42.6 Å². The quantitative estimate of drug-likeness (QED) is 0.431. The number of carbonyl (C=O) groups excluding carboxylic acids is 2. The number of nitrogens with zero attached hydrogens (tertiary/aromatic N) is 2. The van der Waals surface area contributed by atoms with Gasteiger partial charge in [-0.15, -0.1) is 21.5 Å². The molecule has 0 aliphatic carbocycles. The highest BCUT2D eigenvalue weighted by atomic mass is 32.2. The minimum Gasteiger partial charge on any atom is -0.339 e. The summed E-state index contributed by atoms with van der Waals surface area (Å²) in [5.41, 5.74) is 0.962. The van der Waals surface area contributed by atoms with Crippen LogP contribution in [0.25, 0.3) is 0 Å². The Morgan fingerprint density at radius 1 is 1.15 bits per heavy atom. The normalized spacial score (nSPS) is 11.7. The molecule has 1 atom stereocenters. The Kier molecular flexibility index (Phi) is 6.97. The molecule has 27 heavy (non-hydrogen) atoms. The topological polar surface area (TPSA) is 84.0 Å². The van der Waals surface area contributed by atoms with Crippen molar-refractivity contribution in [3.8, 4) is 0 Å². The molecule has 0 aliphatic rings. The molecule has 3 aromatic rings. The second-order valence-corrected chi connectivity index (χ2v) is 8.92. The Bertz CT molecular complexity index is 881. The molecule has 2 aromatic heterocycles. The summed E-state index contributed by atoms with van der Waals surface area (Å²) in [5.74, 6) is 0.310. The van der Waals surface area contributed by atoms with E-state index in [0.717, 1.165) is 15.7 Å². The van der Waals surface area contributed by atoms with Gasteiger partial charge in [0.1, 0.15) is 6.04 Å². The van der Waals surface area contributed by atoms with Crippen molar-refractivity contribution in [2.75, 3.05) is 11.1 Å². The average Bonchev–Trinajstić information content (AvgIpc) is 3.34. The molecule has 3 rings (SSSR count). The molecule has 0 saturated carbocycles. The molecule has 0 spiro atoms. The van der Waals surface area contributed by atoms with E-state index >= 15 is 0 Å². The van der Waals surface area contributed by atoms with Gasteiger partial charge in [-0.25, -0.2) is 0 Å². The Hall–Kier alpha value is -2.23. The van der Waals surface area contributed by atoms with Gasteiger partial charge in [0.2, 0.25) is 11.0 Å². The first-order valence-corrected chi connectivity index (χ1v) is 11.0. The lowest BCUT2D eigenvalue weighted by molar-refractivity contribution is -0.118. The van der Waals surface area contributed by atoms with Gasteiger partial charge in [-0.3, -0.25) is 14.9 Å². The van der Waals surface area contributed by atoms with Crippen molar-refractivity contribution in [3.63, 3.8) is 0 Å². The van der Waals surface area contributed by atoms with Crippen molar-refractivity contribution in [3.05, 3.63) is 58.3 Å². The van der Waals surface area contributed by atoms with Crippen LogP contribution in [0.2, 0.25) is 0 Å². The molecule has 0 fully saturated rings. The maximum Gasteiger partial charge on any atom is 0.262 e. The lowest BCUT2D eigenvalue weighted by Crippen LogP contribution is -2.45. The van der Waals surface area contributed by atoms with Crippen LogP contribution in [0, 0.1) is 0 Å². The largest absolute Gasteiger partial charge is 0.339 e. The third-order valence-corrected chi connectivity index (χ3v) is 6.28. The molecule has 0 unspecified atom stereocenters. The molecule has 0 bridgehead atoms. The van der Waals surface area contributed by atoms with Crippen LogP contribution < -0.4 is 10.6 Å². The van der Waals surface area contributed by atoms with Crippen LogP contribution in [0.5, 0.6) is 0 Å². The van der Waals surface area contributed by atoms with Crippen LogP contribution in [0.1, 0.15) is 22.2 Å². The number of hydrogen-bond donors (Lipinski definition) is 2.